The van der Waals surface area contributed by atoms with Crippen molar-refractivity contribution in [1.29, 1.82) is 0 Å². The van der Waals surface area contributed by atoms with Gasteiger partial charge < -0.3 is 9.80 Å². The van der Waals surface area contributed by atoms with E-state index >= 15 is 0 Å². The molecule has 138 valence electrons. The lowest BCUT2D eigenvalue weighted by molar-refractivity contribution is 0.0611. The minimum Gasteiger partial charge on any atom is -0.336 e. The molecule has 26 heavy (non-hydrogen) atoms. The molecule has 2 aromatic rings. The molecular weight excluding hydrogens is 328 g/mol. The van der Waals surface area contributed by atoms with Gasteiger partial charge in [-0.05, 0) is 37.4 Å². The summed E-state index contributed by atoms with van der Waals surface area (Å²) in [7, 11) is 3.39. The highest BCUT2D eigenvalue weighted by molar-refractivity contribution is 5.92. The van der Waals surface area contributed by atoms with Crippen LogP contribution in [0.3, 0.4) is 0 Å². The molecule has 1 aliphatic heterocycles. The van der Waals surface area contributed by atoms with Crippen LogP contribution in [0.2, 0.25) is 0 Å². The van der Waals surface area contributed by atoms with Crippen LogP contribution in [0.5, 0.6) is 0 Å². The third-order valence-electron chi connectivity index (χ3n) is 5.09. The smallest absolute Gasteiger partial charge is 0.274 e. The van der Waals surface area contributed by atoms with Gasteiger partial charge in [-0.1, -0.05) is 30.3 Å². The van der Waals surface area contributed by atoms with E-state index in [1.807, 2.05) is 13.1 Å². The Bertz CT molecular complexity index is 803. The van der Waals surface area contributed by atoms with Crippen LogP contribution in [-0.4, -0.2) is 58.2 Å². The summed E-state index contributed by atoms with van der Waals surface area (Å²) >= 11 is 0. The Morgan fingerprint density at radius 1 is 1.23 bits per heavy atom. The van der Waals surface area contributed by atoms with E-state index < -0.39 is 0 Å². The van der Waals surface area contributed by atoms with E-state index in [9.17, 15) is 9.59 Å². The normalized spacial score (nSPS) is 17.8. The Labute approximate surface area is 154 Å². The Morgan fingerprint density at radius 2 is 2.00 bits per heavy atom. The van der Waals surface area contributed by atoms with Crippen LogP contribution in [-0.2, 0) is 13.5 Å². The van der Waals surface area contributed by atoms with Crippen molar-refractivity contribution in [3.05, 3.63) is 64.1 Å². The highest BCUT2D eigenvalue weighted by Gasteiger charge is 2.27. The largest absolute Gasteiger partial charge is 0.336 e. The van der Waals surface area contributed by atoms with E-state index in [0.717, 1.165) is 38.9 Å². The zero-order valence-electron chi connectivity index (χ0n) is 15.5. The number of hydrogen-bond acceptors (Lipinski definition) is 4. The Kier molecular flexibility index (Phi) is 5.83. The summed E-state index contributed by atoms with van der Waals surface area (Å²) in [6.45, 7) is 2.95. The third-order valence-corrected chi connectivity index (χ3v) is 5.09. The summed E-state index contributed by atoms with van der Waals surface area (Å²) in [5.74, 6) is -0.129. The van der Waals surface area contributed by atoms with E-state index in [1.165, 1.54) is 22.4 Å². The van der Waals surface area contributed by atoms with Crippen LogP contribution >= 0.6 is 0 Å². The molecule has 1 amide bonds. The fraction of sp³-hybridized carbons (Fsp3) is 0.450. The summed E-state index contributed by atoms with van der Waals surface area (Å²) in [5, 5.41) is 4.08. The monoisotopic (exact) mass is 354 g/mol. The van der Waals surface area contributed by atoms with Gasteiger partial charge in [0.15, 0.2) is 0 Å². The van der Waals surface area contributed by atoms with Crippen molar-refractivity contribution in [2.75, 3.05) is 26.7 Å². The molecule has 1 aromatic heterocycles. The van der Waals surface area contributed by atoms with Gasteiger partial charge in [0.25, 0.3) is 11.5 Å². The van der Waals surface area contributed by atoms with Gasteiger partial charge in [-0.15, -0.1) is 0 Å². The first-order valence-electron chi connectivity index (χ1n) is 9.12. The second kappa shape index (κ2) is 8.27. The predicted molar refractivity (Wildman–Crippen MR) is 101 cm³/mol. The zero-order valence-corrected chi connectivity index (χ0v) is 15.5. The Morgan fingerprint density at radius 3 is 2.73 bits per heavy atom. The molecule has 0 spiro atoms. The van der Waals surface area contributed by atoms with Crippen molar-refractivity contribution in [2.45, 2.75) is 25.3 Å². The average Bonchev–Trinajstić information content (AvgIpc) is 2.68. The number of hydrogen-bond donors (Lipinski definition) is 0. The number of carbonyl (C=O) groups is 1. The second-order valence-electron chi connectivity index (χ2n) is 6.93. The van der Waals surface area contributed by atoms with Crippen molar-refractivity contribution in [2.24, 2.45) is 7.05 Å². The first-order valence-corrected chi connectivity index (χ1v) is 9.12. The molecule has 3 rings (SSSR count). The number of carbonyl (C=O) groups excluding carboxylic acids is 1. The lowest BCUT2D eigenvalue weighted by atomic mass is 10.0. The first kappa shape index (κ1) is 18.3. The molecule has 6 heteroatoms. The van der Waals surface area contributed by atoms with Crippen molar-refractivity contribution >= 4 is 5.91 Å². The van der Waals surface area contributed by atoms with E-state index in [-0.39, 0.29) is 17.5 Å². The van der Waals surface area contributed by atoms with Gasteiger partial charge in [0, 0.05) is 39.3 Å². The van der Waals surface area contributed by atoms with Gasteiger partial charge in [0.2, 0.25) is 0 Å². The number of aryl methyl sites for hydroxylation is 1. The molecule has 1 fully saturated rings. The summed E-state index contributed by atoms with van der Waals surface area (Å²) in [6.07, 6.45) is 3.10. The van der Waals surface area contributed by atoms with Gasteiger partial charge in [0.1, 0.15) is 5.69 Å². The van der Waals surface area contributed by atoms with E-state index in [1.54, 1.807) is 11.9 Å². The first-order chi connectivity index (χ1) is 12.5. The number of aromatic nitrogens is 2. The summed E-state index contributed by atoms with van der Waals surface area (Å²) < 4.78 is 1.20. The van der Waals surface area contributed by atoms with Crippen molar-refractivity contribution in [3.63, 3.8) is 0 Å². The number of benzene rings is 1. The maximum absolute atomic E-state index is 12.7. The topological polar surface area (TPSA) is 58.4 Å². The maximum atomic E-state index is 12.7. The molecule has 1 unspecified atom stereocenters. The van der Waals surface area contributed by atoms with Crippen LogP contribution in [0.1, 0.15) is 28.9 Å². The molecule has 0 radical (unpaired) electrons. The number of rotatable bonds is 5. The minimum atomic E-state index is -0.214. The molecule has 1 aromatic carbocycles. The molecule has 1 atom stereocenters. The predicted octanol–water partition coefficient (Wildman–Crippen LogP) is 1.56. The molecule has 1 saturated heterocycles. The van der Waals surface area contributed by atoms with E-state index in [0.29, 0.717) is 5.69 Å². The minimum absolute atomic E-state index is 0.129. The quantitative estimate of drug-likeness (QED) is 0.818. The van der Waals surface area contributed by atoms with Crippen molar-refractivity contribution in [3.8, 4) is 0 Å². The Hall–Kier alpha value is -2.47. The fourth-order valence-corrected chi connectivity index (χ4v) is 3.45. The number of likely N-dealkylation sites (tertiary alicyclic amines) is 1. The molecule has 0 saturated carbocycles. The molecule has 6 nitrogen and oxygen atoms in total. The highest BCUT2D eigenvalue weighted by atomic mass is 16.2. The summed E-state index contributed by atoms with van der Waals surface area (Å²) in [5.41, 5.74) is 1.44. The van der Waals surface area contributed by atoms with Crippen LogP contribution in [0, 0.1) is 0 Å². The zero-order chi connectivity index (χ0) is 18.5. The lowest BCUT2D eigenvalue weighted by Gasteiger charge is -2.37. The molecule has 0 aliphatic carbocycles. The van der Waals surface area contributed by atoms with Crippen LogP contribution < -0.4 is 5.56 Å². The van der Waals surface area contributed by atoms with Gasteiger partial charge in [-0.3, -0.25) is 9.59 Å². The van der Waals surface area contributed by atoms with E-state index in [2.05, 4.69) is 34.3 Å². The van der Waals surface area contributed by atoms with E-state index in [4.69, 9.17) is 0 Å². The van der Waals surface area contributed by atoms with Crippen LogP contribution in [0.25, 0.3) is 0 Å². The number of likely N-dealkylation sites (N-methyl/N-ethyl adjacent to an activating group) is 1. The van der Waals surface area contributed by atoms with Gasteiger partial charge >= 0.3 is 0 Å². The summed E-state index contributed by atoms with van der Waals surface area (Å²) in [6, 6.07) is 13.6. The van der Waals surface area contributed by atoms with Crippen LogP contribution in [0.4, 0.5) is 0 Å². The molecule has 1 aliphatic rings. The second-order valence-corrected chi connectivity index (χ2v) is 6.93. The number of piperidine rings is 1. The fourth-order valence-electron chi connectivity index (χ4n) is 3.45. The van der Waals surface area contributed by atoms with Crippen molar-refractivity contribution in [1.82, 2.24) is 19.6 Å². The van der Waals surface area contributed by atoms with Crippen molar-refractivity contribution < 1.29 is 4.79 Å². The molecule has 0 N–H and O–H groups in total. The number of amides is 1. The van der Waals surface area contributed by atoms with Gasteiger partial charge in [0.05, 0.1) is 0 Å². The van der Waals surface area contributed by atoms with Gasteiger partial charge in [-0.2, -0.15) is 5.10 Å². The van der Waals surface area contributed by atoms with Gasteiger partial charge in [-0.25, -0.2) is 4.68 Å². The maximum Gasteiger partial charge on any atom is 0.274 e. The summed E-state index contributed by atoms with van der Waals surface area (Å²) in [4.78, 5) is 28.4. The molecule has 0 bridgehead atoms. The average molecular weight is 354 g/mol. The number of nitrogens with zero attached hydrogens (tertiary/aromatic N) is 4. The SMILES string of the molecule is CN(C(=O)c1ccc(=O)n(C)n1)C1CCCN(CCc2ccccc2)C1. The highest BCUT2D eigenvalue weighted by Crippen LogP contribution is 2.17. The molecular formula is C20H26N4O2. The third kappa shape index (κ3) is 4.38. The Balaban J connectivity index is 1.60. The van der Waals surface area contributed by atoms with Crippen LogP contribution in [0.15, 0.2) is 47.3 Å². The lowest BCUT2D eigenvalue weighted by Crippen LogP contribution is -2.49. The molecule has 2 heterocycles. The standard InChI is InChI=1S/C20H26N4O2/c1-22(20(26)18-10-11-19(25)23(2)21-18)17-9-6-13-24(15-17)14-12-16-7-4-3-5-8-16/h3-5,7-8,10-11,17H,6,9,12-15H2,1-2H3.